The Labute approximate surface area is 158 Å². The molecule has 148 valence electrons. The Morgan fingerprint density at radius 2 is 1.77 bits per heavy atom. The molecule has 1 saturated heterocycles. The van der Waals surface area contributed by atoms with E-state index in [2.05, 4.69) is 25.4 Å². The number of nitrogens with zero attached hydrogens (tertiary/aromatic N) is 3. The van der Waals surface area contributed by atoms with Crippen molar-refractivity contribution in [2.24, 2.45) is 10.9 Å². The fourth-order valence-corrected chi connectivity index (χ4v) is 4.21. The molecule has 0 spiro atoms. The smallest absolute Gasteiger partial charge is 0.234 e. The Balaban J connectivity index is 1.27. The van der Waals surface area contributed by atoms with Gasteiger partial charge in [-0.1, -0.05) is 38.5 Å². The van der Waals surface area contributed by atoms with E-state index in [4.69, 9.17) is 0 Å². The third-order valence-electron chi connectivity index (χ3n) is 5.99. The van der Waals surface area contributed by atoms with Crippen LogP contribution in [-0.4, -0.2) is 74.0 Å². The maximum absolute atomic E-state index is 11.9. The van der Waals surface area contributed by atoms with Crippen molar-refractivity contribution in [2.45, 2.75) is 63.8 Å². The number of carbonyl (C=O) groups is 1. The highest BCUT2D eigenvalue weighted by atomic mass is 16.2. The van der Waals surface area contributed by atoms with E-state index >= 15 is 0 Å². The Morgan fingerprint density at radius 3 is 2.42 bits per heavy atom. The van der Waals surface area contributed by atoms with Crippen LogP contribution in [0.25, 0.3) is 0 Å². The average Bonchev–Trinajstić information content (AvgIpc) is 3.30. The molecule has 3 rings (SSSR count). The van der Waals surface area contributed by atoms with E-state index < -0.39 is 0 Å². The first-order chi connectivity index (χ1) is 12.7. The second-order valence-electron chi connectivity index (χ2n) is 8.23. The summed E-state index contributed by atoms with van der Waals surface area (Å²) < 4.78 is 0. The summed E-state index contributed by atoms with van der Waals surface area (Å²) in [5.74, 6) is 2.21. The van der Waals surface area contributed by atoms with Crippen molar-refractivity contribution >= 4 is 11.9 Å². The van der Waals surface area contributed by atoms with Crippen LogP contribution in [-0.2, 0) is 4.79 Å². The highest BCUT2D eigenvalue weighted by Crippen LogP contribution is 2.28. The largest absolute Gasteiger partial charge is 0.356 e. The number of hydrogen-bond donors (Lipinski definition) is 2. The second-order valence-corrected chi connectivity index (χ2v) is 8.23. The molecule has 1 amide bonds. The minimum atomic E-state index is 0.186. The standard InChI is InChI=1S/C20H37N5O/c1-21-20(22-11-5-4-8-17-6-2-3-7-17)25-14-12-24(13-15-25)16-19(26)23-18-9-10-18/h17-18H,2-16H2,1H3,(H,21,22)(H,23,26). The van der Waals surface area contributed by atoms with Crippen molar-refractivity contribution in [2.75, 3.05) is 46.3 Å². The Kier molecular flexibility index (Phi) is 7.59. The summed E-state index contributed by atoms with van der Waals surface area (Å²) >= 11 is 0. The molecule has 0 radical (unpaired) electrons. The first-order valence-corrected chi connectivity index (χ1v) is 10.7. The monoisotopic (exact) mass is 363 g/mol. The van der Waals surface area contributed by atoms with Crippen LogP contribution in [0.4, 0.5) is 0 Å². The van der Waals surface area contributed by atoms with Crippen LogP contribution >= 0.6 is 0 Å². The van der Waals surface area contributed by atoms with Gasteiger partial charge in [0.2, 0.25) is 5.91 Å². The van der Waals surface area contributed by atoms with Crippen molar-refractivity contribution in [1.82, 2.24) is 20.4 Å². The van der Waals surface area contributed by atoms with Gasteiger partial charge in [0.15, 0.2) is 5.96 Å². The van der Waals surface area contributed by atoms with Crippen LogP contribution in [0, 0.1) is 5.92 Å². The van der Waals surface area contributed by atoms with Crippen LogP contribution < -0.4 is 10.6 Å². The normalized spacial score (nSPS) is 22.7. The molecule has 3 aliphatic rings. The average molecular weight is 364 g/mol. The number of rotatable bonds is 8. The summed E-state index contributed by atoms with van der Waals surface area (Å²) in [6, 6.07) is 0.459. The zero-order valence-corrected chi connectivity index (χ0v) is 16.5. The second kappa shape index (κ2) is 10.1. The van der Waals surface area contributed by atoms with Crippen LogP contribution in [0.2, 0.25) is 0 Å². The van der Waals surface area contributed by atoms with Gasteiger partial charge in [0.25, 0.3) is 0 Å². The predicted molar refractivity (Wildman–Crippen MR) is 106 cm³/mol. The molecule has 1 aliphatic heterocycles. The van der Waals surface area contributed by atoms with E-state index in [1.807, 2.05) is 7.05 Å². The quantitative estimate of drug-likeness (QED) is 0.392. The van der Waals surface area contributed by atoms with E-state index in [0.29, 0.717) is 12.6 Å². The molecule has 1 heterocycles. The van der Waals surface area contributed by atoms with Crippen molar-refractivity contribution in [3.05, 3.63) is 0 Å². The van der Waals surface area contributed by atoms with Gasteiger partial charge in [-0.15, -0.1) is 0 Å². The lowest BCUT2D eigenvalue weighted by atomic mass is 10.0. The molecule has 0 bridgehead atoms. The number of amides is 1. The number of nitrogens with one attached hydrogen (secondary N) is 2. The van der Waals surface area contributed by atoms with Gasteiger partial charge in [-0.2, -0.15) is 0 Å². The highest BCUT2D eigenvalue weighted by Gasteiger charge is 2.25. The molecule has 0 aromatic carbocycles. The lowest BCUT2D eigenvalue weighted by molar-refractivity contribution is -0.122. The molecule has 0 unspecified atom stereocenters. The molecule has 6 nitrogen and oxygen atoms in total. The zero-order chi connectivity index (χ0) is 18.2. The molecule has 2 N–H and O–H groups in total. The van der Waals surface area contributed by atoms with Gasteiger partial charge in [-0.05, 0) is 25.2 Å². The first kappa shape index (κ1) is 19.5. The minimum absolute atomic E-state index is 0.186. The fourth-order valence-electron chi connectivity index (χ4n) is 4.21. The van der Waals surface area contributed by atoms with Gasteiger partial charge in [0.1, 0.15) is 0 Å². The summed E-state index contributed by atoms with van der Waals surface area (Å²) in [4.78, 5) is 21.0. The van der Waals surface area contributed by atoms with Crippen LogP contribution in [0.3, 0.4) is 0 Å². The lowest BCUT2D eigenvalue weighted by Crippen LogP contribution is -2.54. The van der Waals surface area contributed by atoms with E-state index in [0.717, 1.165) is 57.4 Å². The third kappa shape index (κ3) is 6.45. The summed E-state index contributed by atoms with van der Waals surface area (Å²) in [5.41, 5.74) is 0. The van der Waals surface area contributed by atoms with Gasteiger partial charge < -0.3 is 15.5 Å². The van der Waals surface area contributed by atoms with E-state index in [-0.39, 0.29) is 5.91 Å². The van der Waals surface area contributed by atoms with Crippen LogP contribution in [0.1, 0.15) is 57.8 Å². The predicted octanol–water partition coefficient (Wildman–Crippen LogP) is 1.82. The topological polar surface area (TPSA) is 60.0 Å². The molecular formula is C20H37N5O. The Bertz CT molecular complexity index is 463. The summed E-state index contributed by atoms with van der Waals surface area (Å²) in [5, 5.41) is 6.61. The maximum Gasteiger partial charge on any atom is 0.234 e. The van der Waals surface area contributed by atoms with Crippen molar-refractivity contribution < 1.29 is 4.79 Å². The van der Waals surface area contributed by atoms with Crippen molar-refractivity contribution in [3.63, 3.8) is 0 Å². The SMILES string of the molecule is CN=C(NCCCCC1CCCC1)N1CCN(CC(=O)NC2CC2)CC1. The summed E-state index contributed by atoms with van der Waals surface area (Å²) in [6.07, 6.45) is 12.1. The van der Waals surface area contributed by atoms with Gasteiger partial charge >= 0.3 is 0 Å². The number of piperazine rings is 1. The van der Waals surface area contributed by atoms with Crippen molar-refractivity contribution in [3.8, 4) is 0 Å². The van der Waals surface area contributed by atoms with Crippen LogP contribution in [0.5, 0.6) is 0 Å². The number of aliphatic imine (C=N–C) groups is 1. The molecule has 3 fully saturated rings. The van der Waals surface area contributed by atoms with Crippen molar-refractivity contribution in [1.29, 1.82) is 0 Å². The zero-order valence-electron chi connectivity index (χ0n) is 16.5. The molecule has 0 aromatic rings. The summed E-state index contributed by atoms with van der Waals surface area (Å²) in [6.45, 7) is 5.30. The first-order valence-electron chi connectivity index (χ1n) is 10.7. The van der Waals surface area contributed by atoms with Gasteiger partial charge in [-0.25, -0.2) is 0 Å². The Hall–Kier alpha value is -1.30. The molecular weight excluding hydrogens is 326 g/mol. The molecule has 0 aromatic heterocycles. The molecule has 2 saturated carbocycles. The summed E-state index contributed by atoms with van der Waals surface area (Å²) in [7, 11) is 1.87. The number of unbranched alkanes of at least 4 members (excludes halogenated alkanes) is 1. The minimum Gasteiger partial charge on any atom is -0.356 e. The van der Waals surface area contributed by atoms with E-state index in [1.54, 1.807) is 0 Å². The van der Waals surface area contributed by atoms with Crippen LogP contribution in [0.15, 0.2) is 4.99 Å². The molecule has 26 heavy (non-hydrogen) atoms. The highest BCUT2D eigenvalue weighted by molar-refractivity contribution is 5.80. The number of hydrogen-bond acceptors (Lipinski definition) is 3. The maximum atomic E-state index is 11.9. The molecule has 2 aliphatic carbocycles. The third-order valence-corrected chi connectivity index (χ3v) is 5.99. The fraction of sp³-hybridized carbons (Fsp3) is 0.900. The lowest BCUT2D eigenvalue weighted by Gasteiger charge is -2.36. The molecule has 6 heteroatoms. The Morgan fingerprint density at radius 1 is 1.04 bits per heavy atom. The van der Waals surface area contributed by atoms with Gasteiger partial charge in [0, 0.05) is 45.8 Å². The number of carbonyl (C=O) groups excluding carboxylic acids is 1. The number of guanidine groups is 1. The van der Waals surface area contributed by atoms with Gasteiger partial charge in [0.05, 0.1) is 6.54 Å². The molecule has 0 atom stereocenters. The van der Waals surface area contributed by atoms with Gasteiger partial charge in [-0.3, -0.25) is 14.7 Å². The van der Waals surface area contributed by atoms with E-state index in [1.165, 1.54) is 44.9 Å². The van der Waals surface area contributed by atoms with E-state index in [9.17, 15) is 4.79 Å².